The van der Waals surface area contributed by atoms with Gasteiger partial charge in [-0.05, 0) is 31.9 Å². The van der Waals surface area contributed by atoms with E-state index >= 15 is 0 Å². The first kappa shape index (κ1) is 22.5. The van der Waals surface area contributed by atoms with Crippen LogP contribution >= 0.6 is 25.3 Å². The summed E-state index contributed by atoms with van der Waals surface area (Å²) >= 11 is 8.51. The largest absolute Gasteiger partial charge is 2.00 e. The molecular weight excluding hydrogens is 352 g/mol. The maximum Gasteiger partial charge on any atom is 2.00 e. The van der Waals surface area contributed by atoms with Crippen molar-refractivity contribution in [3.63, 3.8) is 0 Å². The zero-order chi connectivity index (χ0) is 14.8. The van der Waals surface area contributed by atoms with E-state index in [1.165, 1.54) is 6.92 Å². The number of thiol groups is 2. The first-order valence-corrected chi connectivity index (χ1v) is 7.52. The molecule has 0 aromatic rings. The van der Waals surface area contributed by atoms with Gasteiger partial charge in [0.2, 0.25) is 5.91 Å². The summed E-state index contributed by atoms with van der Waals surface area (Å²) in [6.45, 7) is 1.34. The summed E-state index contributed by atoms with van der Waals surface area (Å²) in [6, 6.07) is -1.24. The number of rotatable bonds is 10. The fourth-order valence-electron chi connectivity index (χ4n) is 1.59. The first-order chi connectivity index (χ1) is 8.88. The number of aliphatic hydroxyl groups is 1. The number of carbonyl (C=O) groups is 2. The number of carbonyl (C=O) groups excluding carboxylic acids is 1. The molecule has 8 heteroatoms. The molecule has 0 aromatic carbocycles. The fourth-order valence-corrected chi connectivity index (χ4v) is 2.42. The van der Waals surface area contributed by atoms with E-state index < -0.39 is 18.1 Å². The van der Waals surface area contributed by atoms with E-state index in [9.17, 15) is 14.7 Å². The van der Waals surface area contributed by atoms with Crippen molar-refractivity contribution in [3.05, 3.63) is 0 Å². The van der Waals surface area contributed by atoms with Gasteiger partial charge in [0.1, 0.15) is 0 Å². The van der Waals surface area contributed by atoms with Crippen molar-refractivity contribution < 1.29 is 39.3 Å². The van der Waals surface area contributed by atoms with Gasteiger partial charge in [-0.2, -0.15) is 25.3 Å². The van der Waals surface area contributed by atoms with Crippen molar-refractivity contribution >= 4 is 37.1 Å². The molecule has 20 heavy (non-hydrogen) atoms. The minimum absolute atomic E-state index is 0. The second-order valence-corrected chi connectivity index (χ2v) is 5.71. The standard InChI is InChI=1S/C12H23NO4S2.Zn/c1-8(14)11(12(16)17)13-10(15)5-3-2-4-9(19)6-7-18;/h8-9,11,14,18-19H,2-7H2,1H3,(H,13,15)(H,16,17);/q;+2/t8-,9?,11+;/m1./s1. The average molecular weight is 375 g/mol. The van der Waals surface area contributed by atoms with E-state index in [2.05, 4.69) is 30.6 Å². The Morgan fingerprint density at radius 1 is 1.25 bits per heavy atom. The summed E-state index contributed by atoms with van der Waals surface area (Å²) in [6.07, 6.45) is 2.54. The molecule has 0 heterocycles. The minimum atomic E-state index is -1.24. The quantitative estimate of drug-likeness (QED) is 0.225. The minimum Gasteiger partial charge on any atom is -0.480 e. The Hall–Kier alpha value is 0.223. The van der Waals surface area contributed by atoms with Crippen molar-refractivity contribution in [1.29, 1.82) is 0 Å². The van der Waals surface area contributed by atoms with Crippen molar-refractivity contribution in [2.45, 2.75) is 56.4 Å². The van der Waals surface area contributed by atoms with Gasteiger partial charge in [-0.3, -0.25) is 4.79 Å². The summed E-state index contributed by atoms with van der Waals surface area (Å²) in [4.78, 5) is 22.3. The van der Waals surface area contributed by atoms with E-state index in [0.29, 0.717) is 11.7 Å². The van der Waals surface area contributed by atoms with Gasteiger partial charge < -0.3 is 15.5 Å². The topological polar surface area (TPSA) is 86.6 Å². The van der Waals surface area contributed by atoms with Gasteiger partial charge in [-0.25, -0.2) is 4.79 Å². The van der Waals surface area contributed by atoms with Gasteiger partial charge >= 0.3 is 25.4 Å². The first-order valence-electron chi connectivity index (χ1n) is 6.37. The summed E-state index contributed by atoms with van der Waals surface area (Å²) in [5.74, 6) is -0.783. The summed E-state index contributed by atoms with van der Waals surface area (Å²) in [7, 11) is 0. The molecule has 0 rings (SSSR count). The molecule has 0 saturated heterocycles. The van der Waals surface area contributed by atoms with E-state index in [4.69, 9.17) is 5.11 Å². The number of hydrogen-bond donors (Lipinski definition) is 5. The van der Waals surface area contributed by atoms with Gasteiger partial charge in [-0.1, -0.05) is 6.42 Å². The van der Waals surface area contributed by atoms with Crippen LogP contribution in [-0.2, 0) is 29.1 Å². The number of carboxylic acids is 1. The summed E-state index contributed by atoms with van der Waals surface area (Å²) in [5.41, 5.74) is 0. The maximum absolute atomic E-state index is 11.5. The molecule has 1 unspecified atom stereocenters. The number of nitrogens with one attached hydrogen (secondary N) is 1. The van der Waals surface area contributed by atoms with Crippen molar-refractivity contribution in [3.8, 4) is 0 Å². The van der Waals surface area contributed by atoms with Crippen molar-refractivity contribution in [2.24, 2.45) is 0 Å². The van der Waals surface area contributed by atoms with Crippen LogP contribution in [-0.4, -0.2) is 45.2 Å². The van der Waals surface area contributed by atoms with Gasteiger partial charge in [-0.15, -0.1) is 0 Å². The van der Waals surface area contributed by atoms with Gasteiger partial charge in [0, 0.05) is 11.7 Å². The van der Waals surface area contributed by atoms with Crippen LogP contribution in [0.15, 0.2) is 0 Å². The molecular formula is C12H23NO4S2Zn+2. The Bertz CT molecular complexity index is 293. The Morgan fingerprint density at radius 2 is 1.85 bits per heavy atom. The van der Waals surface area contributed by atoms with Crippen LogP contribution in [0, 0.1) is 0 Å². The smallest absolute Gasteiger partial charge is 0.480 e. The van der Waals surface area contributed by atoms with Crippen LogP contribution in [0.4, 0.5) is 0 Å². The molecule has 0 bridgehead atoms. The maximum atomic E-state index is 11.5. The zero-order valence-electron chi connectivity index (χ0n) is 11.8. The van der Waals surface area contributed by atoms with Crippen LogP contribution in [0.5, 0.6) is 0 Å². The predicted molar refractivity (Wildman–Crippen MR) is 81.0 cm³/mol. The van der Waals surface area contributed by atoms with E-state index in [0.717, 1.165) is 25.0 Å². The zero-order valence-corrected chi connectivity index (χ0v) is 16.5. The SMILES string of the molecule is C[C@@H](O)[C@H](NC(=O)CCCCC(S)CCS)C(=O)O.[Zn+2]. The van der Waals surface area contributed by atoms with Gasteiger partial charge in [0.15, 0.2) is 6.04 Å². The molecule has 0 spiro atoms. The molecule has 5 nitrogen and oxygen atoms in total. The number of carboxylic acid groups (broad SMARTS) is 1. The van der Waals surface area contributed by atoms with E-state index in [-0.39, 0.29) is 31.8 Å². The number of aliphatic carboxylic acids is 1. The Kier molecular flexibility index (Phi) is 14.5. The van der Waals surface area contributed by atoms with E-state index in [1.54, 1.807) is 0 Å². The Balaban J connectivity index is 0. The van der Waals surface area contributed by atoms with Crippen LogP contribution in [0.2, 0.25) is 0 Å². The Morgan fingerprint density at radius 3 is 2.30 bits per heavy atom. The second-order valence-electron chi connectivity index (χ2n) is 4.54. The molecule has 0 fully saturated rings. The number of amides is 1. The molecule has 112 valence electrons. The normalized spacial score (nSPS) is 14.8. The third-order valence-electron chi connectivity index (χ3n) is 2.72. The monoisotopic (exact) mass is 373 g/mol. The van der Waals surface area contributed by atoms with Crippen molar-refractivity contribution in [1.82, 2.24) is 5.32 Å². The van der Waals surface area contributed by atoms with Gasteiger partial charge in [0.05, 0.1) is 6.10 Å². The number of hydrogen-bond acceptors (Lipinski definition) is 5. The fraction of sp³-hybridized carbons (Fsp3) is 0.833. The molecule has 0 aliphatic rings. The van der Waals surface area contributed by atoms with Gasteiger partial charge in [0.25, 0.3) is 0 Å². The molecule has 0 aliphatic heterocycles. The average Bonchev–Trinajstić information content (AvgIpc) is 2.31. The van der Waals surface area contributed by atoms with Crippen LogP contribution in [0.3, 0.4) is 0 Å². The van der Waals surface area contributed by atoms with E-state index in [1.807, 2.05) is 0 Å². The number of aliphatic hydroxyl groups excluding tert-OH is 1. The second kappa shape index (κ2) is 12.9. The van der Waals surface area contributed by atoms with Crippen LogP contribution < -0.4 is 5.32 Å². The predicted octanol–water partition coefficient (Wildman–Crippen LogP) is 1.11. The third-order valence-corrected chi connectivity index (χ3v) is 3.49. The molecule has 3 atom stereocenters. The molecule has 0 aromatic heterocycles. The molecule has 0 saturated carbocycles. The molecule has 3 N–H and O–H groups in total. The molecule has 1 amide bonds. The third kappa shape index (κ3) is 10.9. The number of unbranched alkanes of at least 4 members (excludes halogenated alkanes) is 1. The van der Waals surface area contributed by atoms with Crippen molar-refractivity contribution in [2.75, 3.05) is 5.75 Å². The van der Waals surface area contributed by atoms with Crippen LogP contribution in [0.1, 0.15) is 39.0 Å². The summed E-state index contributed by atoms with van der Waals surface area (Å²) in [5, 5.41) is 20.6. The molecule has 0 radical (unpaired) electrons. The summed E-state index contributed by atoms with van der Waals surface area (Å²) < 4.78 is 0. The van der Waals surface area contributed by atoms with Crippen LogP contribution in [0.25, 0.3) is 0 Å². The molecule has 0 aliphatic carbocycles. The Labute approximate surface area is 143 Å².